The number of amides is 2. The van der Waals surface area contributed by atoms with Crippen molar-refractivity contribution in [2.45, 2.75) is 39.8 Å². The lowest BCUT2D eigenvalue weighted by atomic mass is 10.1. The Morgan fingerprint density at radius 2 is 1.45 bits per heavy atom. The average Bonchev–Trinajstić information content (AvgIpc) is 2.80. The van der Waals surface area contributed by atoms with Crippen molar-refractivity contribution in [3.8, 4) is 17.2 Å². The molecule has 33 heavy (non-hydrogen) atoms. The molecule has 8 nitrogen and oxygen atoms in total. The van der Waals surface area contributed by atoms with E-state index >= 15 is 0 Å². The molecule has 0 atom stereocenters. The molecule has 0 aliphatic heterocycles. The summed E-state index contributed by atoms with van der Waals surface area (Å²) in [5, 5.41) is 5.77. The Labute approximate surface area is 196 Å². The van der Waals surface area contributed by atoms with Gasteiger partial charge in [0.25, 0.3) is 11.8 Å². The molecule has 0 radical (unpaired) electrons. The van der Waals surface area contributed by atoms with Gasteiger partial charge in [-0.05, 0) is 45.9 Å². The highest BCUT2D eigenvalue weighted by Gasteiger charge is 2.19. The first-order valence-electron chi connectivity index (χ1n) is 11.0. The van der Waals surface area contributed by atoms with Crippen LogP contribution in [0.25, 0.3) is 0 Å². The highest BCUT2D eigenvalue weighted by atomic mass is 16.5. The van der Waals surface area contributed by atoms with Crippen molar-refractivity contribution in [1.29, 1.82) is 0 Å². The van der Waals surface area contributed by atoms with E-state index in [4.69, 9.17) is 14.2 Å². The van der Waals surface area contributed by atoms with Gasteiger partial charge in [-0.2, -0.15) is 0 Å². The summed E-state index contributed by atoms with van der Waals surface area (Å²) >= 11 is 0. The van der Waals surface area contributed by atoms with Crippen LogP contribution >= 0.6 is 0 Å². The van der Waals surface area contributed by atoms with E-state index in [2.05, 4.69) is 43.2 Å². The molecular formula is C25H35N3O5. The minimum Gasteiger partial charge on any atom is -0.496 e. The van der Waals surface area contributed by atoms with Crippen LogP contribution < -0.4 is 24.8 Å². The Morgan fingerprint density at radius 1 is 0.848 bits per heavy atom. The van der Waals surface area contributed by atoms with E-state index in [1.165, 1.54) is 21.3 Å². The van der Waals surface area contributed by atoms with Crippen LogP contribution in [0.1, 0.15) is 48.4 Å². The number of rotatable bonds is 11. The smallest absolute Gasteiger partial charge is 0.259 e. The van der Waals surface area contributed by atoms with E-state index in [0.29, 0.717) is 47.1 Å². The number of ether oxygens (including phenoxy) is 3. The largest absolute Gasteiger partial charge is 0.496 e. The summed E-state index contributed by atoms with van der Waals surface area (Å²) in [4.78, 5) is 27.9. The molecular weight excluding hydrogens is 422 g/mol. The van der Waals surface area contributed by atoms with Crippen molar-refractivity contribution in [2.75, 3.05) is 39.7 Å². The normalized spacial score (nSPS) is 11.0. The first-order valence-corrected chi connectivity index (χ1v) is 11.0. The molecule has 8 heteroatoms. The maximum absolute atomic E-state index is 12.9. The van der Waals surface area contributed by atoms with Crippen LogP contribution in [-0.2, 0) is 0 Å². The lowest BCUT2D eigenvalue weighted by molar-refractivity contribution is 0.0938. The molecule has 2 amide bonds. The molecule has 0 unspecified atom stereocenters. The second-order valence-corrected chi connectivity index (χ2v) is 8.12. The van der Waals surface area contributed by atoms with Crippen LogP contribution in [0.4, 0.5) is 5.69 Å². The summed E-state index contributed by atoms with van der Waals surface area (Å²) in [5.41, 5.74) is 1.25. The quantitative estimate of drug-likeness (QED) is 0.533. The number of carbonyl (C=O) groups excluding carboxylic acids is 2. The summed E-state index contributed by atoms with van der Waals surface area (Å²) < 4.78 is 15.9. The number of hydrogen-bond donors (Lipinski definition) is 2. The Bertz CT molecular complexity index is 951. The Kier molecular flexibility index (Phi) is 9.54. The minimum absolute atomic E-state index is 0.192. The summed E-state index contributed by atoms with van der Waals surface area (Å²) in [6.45, 7) is 9.86. The van der Waals surface area contributed by atoms with Crippen molar-refractivity contribution >= 4 is 17.5 Å². The highest BCUT2D eigenvalue weighted by Crippen LogP contribution is 2.35. The molecule has 0 bridgehead atoms. The zero-order chi connectivity index (χ0) is 24.5. The molecule has 2 rings (SSSR count). The monoisotopic (exact) mass is 457 g/mol. The van der Waals surface area contributed by atoms with E-state index < -0.39 is 5.91 Å². The van der Waals surface area contributed by atoms with Gasteiger partial charge in [0, 0.05) is 48.6 Å². The Hall–Kier alpha value is -3.26. The third-order valence-corrected chi connectivity index (χ3v) is 5.32. The Morgan fingerprint density at radius 3 is 2.03 bits per heavy atom. The molecule has 0 saturated heterocycles. The lowest BCUT2D eigenvalue weighted by Crippen LogP contribution is -2.42. The zero-order valence-electron chi connectivity index (χ0n) is 20.5. The van der Waals surface area contributed by atoms with Crippen molar-refractivity contribution in [3.05, 3.63) is 47.5 Å². The van der Waals surface area contributed by atoms with Crippen LogP contribution in [0.3, 0.4) is 0 Å². The van der Waals surface area contributed by atoms with Gasteiger partial charge in [0.2, 0.25) is 0 Å². The third kappa shape index (κ3) is 6.86. The fourth-order valence-electron chi connectivity index (χ4n) is 3.66. The maximum Gasteiger partial charge on any atom is 0.259 e. The Balaban J connectivity index is 2.10. The highest BCUT2D eigenvalue weighted by molar-refractivity contribution is 6.07. The first-order chi connectivity index (χ1) is 15.7. The summed E-state index contributed by atoms with van der Waals surface area (Å²) in [6.07, 6.45) is 0. The molecule has 2 N–H and O–H groups in total. The van der Waals surface area contributed by atoms with Crippen LogP contribution in [0.2, 0.25) is 0 Å². The number of carbonyl (C=O) groups is 2. The van der Waals surface area contributed by atoms with Gasteiger partial charge in [0.15, 0.2) is 11.5 Å². The zero-order valence-corrected chi connectivity index (χ0v) is 20.5. The molecule has 0 fully saturated rings. The van der Waals surface area contributed by atoms with Crippen molar-refractivity contribution in [2.24, 2.45) is 0 Å². The van der Waals surface area contributed by atoms with Crippen molar-refractivity contribution in [3.63, 3.8) is 0 Å². The van der Waals surface area contributed by atoms with E-state index in [1.807, 2.05) is 0 Å². The standard InChI is InChI=1S/C25H35N3O5/c1-16(2)28(17(3)4)12-11-26-24(29)18-9-8-10-19(13-18)27-25(30)20-14-22(32-6)23(33-7)15-21(20)31-5/h8-10,13-17H,11-12H2,1-7H3,(H,26,29)(H,27,30). The molecule has 0 saturated carbocycles. The average molecular weight is 458 g/mol. The van der Waals surface area contributed by atoms with Gasteiger partial charge >= 0.3 is 0 Å². The summed E-state index contributed by atoms with van der Waals surface area (Å²) in [7, 11) is 4.48. The number of nitrogens with one attached hydrogen (secondary N) is 2. The van der Waals surface area contributed by atoms with E-state index in [0.717, 1.165) is 6.54 Å². The summed E-state index contributed by atoms with van der Waals surface area (Å²) in [6, 6.07) is 10.7. The maximum atomic E-state index is 12.9. The topological polar surface area (TPSA) is 89.1 Å². The number of hydrogen-bond acceptors (Lipinski definition) is 6. The number of benzene rings is 2. The molecule has 0 aliphatic rings. The van der Waals surface area contributed by atoms with Crippen LogP contribution in [0.15, 0.2) is 36.4 Å². The van der Waals surface area contributed by atoms with Gasteiger partial charge in [-0.25, -0.2) is 0 Å². The summed E-state index contributed by atoms with van der Waals surface area (Å²) in [5.74, 6) is 0.627. The van der Waals surface area contributed by atoms with Gasteiger partial charge < -0.3 is 24.8 Å². The second kappa shape index (κ2) is 12.1. The minimum atomic E-state index is -0.394. The van der Waals surface area contributed by atoms with Crippen LogP contribution in [-0.4, -0.2) is 63.2 Å². The molecule has 180 valence electrons. The van der Waals surface area contributed by atoms with Gasteiger partial charge in [-0.15, -0.1) is 0 Å². The van der Waals surface area contributed by atoms with Gasteiger partial charge in [0.1, 0.15) is 5.75 Å². The van der Waals surface area contributed by atoms with Crippen molar-refractivity contribution in [1.82, 2.24) is 10.2 Å². The SMILES string of the molecule is COc1cc(OC)c(C(=O)Nc2cccc(C(=O)NCCN(C(C)C)C(C)C)c2)cc1OC. The number of methoxy groups -OCH3 is 3. The molecule has 2 aromatic carbocycles. The fraction of sp³-hybridized carbons (Fsp3) is 0.440. The molecule has 0 aromatic heterocycles. The van der Waals surface area contributed by atoms with Crippen molar-refractivity contribution < 1.29 is 23.8 Å². The lowest BCUT2D eigenvalue weighted by Gasteiger charge is -2.30. The van der Waals surface area contributed by atoms with E-state index in [1.54, 1.807) is 36.4 Å². The molecule has 0 heterocycles. The third-order valence-electron chi connectivity index (χ3n) is 5.32. The number of anilines is 1. The van der Waals surface area contributed by atoms with Crippen LogP contribution in [0, 0.1) is 0 Å². The molecule has 0 aliphatic carbocycles. The van der Waals surface area contributed by atoms with Gasteiger partial charge in [-0.1, -0.05) is 6.07 Å². The van der Waals surface area contributed by atoms with Crippen LogP contribution in [0.5, 0.6) is 17.2 Å². The predicted molar refractivity (Wildman–Crippen MR) is 130 cm³/mol. The van der Waals surface area contributed by atoms with E-state index in [9.17, 15) is 9.59 Å². The fourth-order valence-corrected chi connectivity index (χ4v) is 3.66. The molecule has 0 spiro atoms. The van der Waals surface area contributed by atoms with Gasteiger partial charge in [0.05, 0.1) is 26.9 Å². The van der Waals surface area contributed by atoms with Gasteiger partial charge in [-0.3, -0.25) is 14.5 Å². The second-order valence-electron chi connectivity index (χ2n) is 8.12. The van der Waals surface area contributed by atoms with E-state index in [-0.39, 0.29) is 11.5 Å². The predicted octanol–water partition coefficient (Wildman–Crippen LogP) is 3.81. The molecule has 2 aromatic rings. The number of nitrogens with zero attached hydrogens (tertiary/aromatic N) is 1. The first kappa shape index (κ1) is 26.0.